The molecule has 0 radical (unpaired) electrons. The summed E-state index contributed by atoms with van der Waals surface area (Å²) < 4.78 is 79.9. The summed E-state index contributed by atoms with van der Waals surface area (Å²) in [5, 5.41) is 13.6. The van der Waals surface area contributed by atoms with Crippen molar-refractivity contribution < 1.29 is 46.1 Å². The van der Waals surface area contributed by atoms with Gasteiger partial charge in [-0.2, -0.15) is 17.6 Å². The molecule has 2 atom stereocenters. The van der Waals surface area contributed by atoms with Crippen LogP contribution in [0.3, 0.4) is 0 Å². The van der Waals surface area contributed by atoms with Crippen molar-refractivity contribution in [2.24, 2.45) is 0 Å². The smallest absolute Gasteiger partial charge is 0.419 e. The number of hydrogen-bond donors (Lipinski definition) is 3. The number of nitrogens with one attached hydrogen (secondary N) is 2. The minimum atomic E-state index is -4.91. The first kappa shape index (κ1) is 27.1. The first-order valence-electron chi connectivity index (χ1n) is 10.5. The number of carbonyl (C=O) groups excluding carboxylic acids is 2. The van der Waals surface area contributed by atoms with E-state index in [1.165, 1.54) is 18.3 Å². The van der Waals surface area contributed by atoms with Crippen molar-refractivity contribution in [3.8, 4) is 5.75 Å². The van der Waals surface area contributed by atoms with E-state index < -0.39 is 60.0 Å². The Kier molecular flexibility index (Phi) is 7.99. The van der Waals surface area contributed by atoms with Crippen LogP contribution in [-0.4, -0.2) is 73.6 Å². The fraction of sp³-hybridized carbons (Fsp3) is 0.409. The van der Waals surface area contributed by atoms with E-state index in [1.54, 1.807) is 0 Å². The fourth-order valence-electron chi connectivity index (χ4n) is 3.89. The molecule has 1 aliphatic rings. The molecule has 1 aliphatic heterocycles. The Bertz CT molecular complexity index is 1130. The maximum Gasteiger partial charge on any atom is 0.419 e. The summed E-state index contributed by atoms with van der Waals surface area (Å²) in [6.07, 6.45) is -4.57. The number of nitrogens with zero attached hydrogens (tertiary/aromatic N) is 2. The second kappa shape index (κ2) is 10.6. The van der Waals surface area contributed by atoms with Crippen LogP contribution in [0.15, 0.2) is 30.5 Å². The van der Waals surface area contributed by atoms with Gasteiger partial charge in [-0.15, -0.1) is 0 Å². The van der Waals surface area contributed by atoms with E-state index in [2.05, 4.69) is 15.6 Å². The first-order chi connectivity index (χ1) is 17.0. The van der Waals surface area contributed by atoms with Crippen molar-refractivity contribution in [3.05, 3.63) is 47.8 Å². The molecule has 0 saturated carbocycles. The molecule has 0 bridgehead atoms. The zero-order chi connectivity index (χ0) is 26.7. The van der Waals surface area contributed by atoms with Gasteiger partial charge in [-0.3, -0.25) is 14.6 Å². The summed E-state index contributed by atoms with van der Waals surface area (Å²) in [7, 11) is 1.86. The molecule has 3 rings (SSSR count). The number of amides is 2. The molecule has 9 nitrogen and oxygen atoms in total. The standard InChI is InChI=1S/C22H23F5N4O5/c1-35-18-15(4-3-13(23)17(18)24)31-11-21(36-2,22(25,26)27)10-16(31)20(34)30-12-5-6-28-14(9-12)19(33)29-7-8-32/h3-6,9,16,32H,7-8,10-11H2,1-2H3,(H,29,33)(H,28,30,34)/t16-,21+/m0/s1. The monoisotopic (exact) mass is 518 g/mol. The van der Waals surface area contributed by atoms with Crippen molar-refractivity contribution in [2.45, 2.75) is 24.2 Å². The number of rotatable bonds is 8. The molecule has 0 unspecified atom stereocenters. The molecule has 36 heavy (non-hydrogen) atoms. The summed E-state index contributed by atoms with van der Waals surface area (Å²) in [6, 6.07) is 2.67. The fourth-order valence-corrected chi connectivity index (χ4v) is 3.89. The van der Waals surface area contributed by atoms with Crippen molar-refractivity contribution in [1.82, 2.24) is 10.3 Å². The Morgan fingerprint density at radius 2 is 1.97 bits per heavy atom. The zero-order valence-corrected chi connectivity index (χ0v) is 19.2. The second-order valence-electron chi connectivity index (χ2n) is 7.86. The molecule has 1 fully saturated rings. The van der Waals surface area contributed by atoms with Gasteiger partial charge in [0.2, 0.25) is 11.7 Å². The van der Waals surface area contributed by atoms with Gasteiger partial charge in [0.15, 0.2) is 17.2 Å². The van der Waals surface area contributed by atoms with Crippen LogP contribution in [0.2, 0.25) is 0 Å². The second-order valence-corrected chi connectivity index (χ2v) is 7.86. The maximum atomic E-state index is 14.4. The van der Waals surface area contributed by atoms with Crippen LogP contribution >= 0.6 is 0 Å². The number of methoxy groups -OCH3 is 2. The summed E-state index contributed by atoms with van der Waals surface area (Å²) in [4.78, 5) is 30.1. The molecule has 1 aromatic heterocycles. The van der Waals surface area contributed by atoms with Crippen molar-refractivity contribution in [2.75, 3.05) is 44.1 Å². The minimum Gasteiger partial charge on any atom is -0.491 e. The first-order valence-corrected chi connectivity index (χ1v) is 10.5. The van der Waals surface area contributed by atoms with E-state index in [4.69, 9.17) is 14.6 Å². The largest absolute Gasteiger partial charge is 0.491 e. The molecule has 196 valence electrons. The number of carbonyl (C=O) groups is 2. The quantitative estimate of drug-likeness (QED) is 0.460. The van der Waals surface area contributed by atoms with E-state index >= 15 is 0 Å². The van der Waals surface area contributed by atoms with Crippen molar-refractivity contribution >= 4 is 23.2 Å². The highest BCUT2D eigenvalue weighted by atomic mass is 19.4. The molecule has 1 saturated heterocycles. The average Bonchev–Trinajstić information content (AvgIpc) is 3.26. The molecule has 3 N–H and O–H groups in total. The molecular weight excluding hydrogens is 495 g/mol. The van der Waals surface area contributed by atoms with Gasteiger partial charge in [0.05, 0.1) is 25.9 Å². The Labute approximate surface area is 202 Å². The van der Waals surface area contributed by atoms with Crippen LogP contribution in [0.5, 0.6) is 5.75 Å². The summed E-state index contributed by atoms with van der Waals surface area (Å²) in [5.41, 5.74) is -3.14. The lowest BCUT2D eigenvalue weighted by molar-refractivity contribution is -0.261. The number of halogens is 5. The lowest BCUT2D eigenvalue weighted by Crippen LogP contribution is -2.49. The van der Waals surface area contributed by atoms with Gasteiger partial charge >= 0.3 is 6.18 Å². The average molecular weight is 518 g/mol. The van der Waals surface area contributed by atoms with E-state index in [0.717, 1.165) is 25.2 Å². The van der Waals surface area contributed by atoms with E-state index in [9.17, 15) is 31.5 Å². The minimum absolute atomic E-state index is 0.0409. The van der Waals surface area contributed by atoms with E-state index in [1.807, 2.05) is 0 Å². The third-order valence-electron chi connectivity index (χ3n) is 5.74. The SMILES string of the molecule is COc1c(N2C[C@@](OC)(C(F)(F)F)C[C@H]2C(=O)Nc2ccnc(C(=O)NCCO)c2)ccc(F)c1F. The Morgan fingerprint density at radius 3 is 2.58 bits per heavy atom. The summed E-state index contributed by atoms with van der Waals surface area (Å²) in [5.74, 6) is -4.96. The zero-order valence-electron chi connectivity index (χ0n) is 19.2. The predicted octanol–water partition coefficient (Wildman–Crippen LogP) is 2.26. The van der Waals surface area contributed by atoms with Crippen molar-refractivity contribution in [1.29, 1.82) is 0 Å². The van der Waals surface area contributed by atoms with Gasteiger partial charge in [-0.1, -0.05) is 0 Å². The molecule has 2 heterocycles. The number of hydrogen-bond acceptors (Lipinski definition) is 7. The van der Waals surface area contributed by atoms with Gasteiger partial charge in [0.1, 0.15) is 11.7 Å². The van der Waals surface area contributed by atoms with E-state index in [-0.39, 0.29) is 30.2 Å². The van der Waals surface area contributed by atoms with Gasteiger partial charge in [0, 0.05) is 32.0 Å². The number of benzene rings is 1. The van der Waals surface area contributed by atoms with Crippen LogP contribution in [0.1, 0.15) is 16.9 Å². The van der Waals surface area contributed by atoms with Gasteiger partial charge in [-0.05, 0) is 24.3 Å². The topological polar surface area (TPSA) is 113 Å². The van der Waals surface area contributed by atoms with Crippen LogP contribution in [0.4, 0.5) is 33.3 Å². The molecule has 2 amide bonds. The molecule has 0 aliphatic carbocycles. The van der Waals surface area contributed by atoms with Crippen LogP contribution in [0, 0.1) is 11.6 Å². The van der Waals surface area contributed by atoms with Crippen LogP contribution in [-0.2, 0) is 9.53 Å². The third kappa shape index (κ3) is 5.18. The lowest BCUT2D eigenvalue weighted by atomic mass is 9.99. The van der Waals surface area contributed by atoms with Gasteiger partial charge in [0.25, 0.3) is 5.91 Å². The molecule has 14 heteroatoms. The lowest BCUT2D eigenvalue weighted by Gasteiger charge is -2.31. The highest BCUT2D eigenvalue weighted by Crippen LogP contribution is 2.47. The third-order valence-corrected chi connectivity index (χ3v) is 5.74. The number of aliphatic hydroxyl groups excluding tert-OH is 1. The maximum absolute atomic E-state index is 14.4. The number of aliphatic hydroxyl groups is 1. The number of alkyl halides is 3. The Morgan fingerprint density at radius 1 is 1.25 bits per heavy atom. The molecular formula is C22H23F5N4O5. The highest BCUT2D eigenvalue weighted by molar-refractivity contribution is 5.99. The van der Waals surface area contributed by atoms with Gasteiger partial charge in [-0.25, -0.2) is 4.39 Å². The van der Waals surface area contributed by atoms with Gasteiger partial charge < -0.3 is 30.1 Å². The Hall–Kier alpha value is -3.52. The number of anilines is 2. The molecule has 1 aromatic carbocycles. The summed E-state index contributed by atoms with van der Waals surface area (Å²) >= 11 is 0. The van der Waals surface area contributed by atoms with Crippen LogP contribution < -0.4 is 20.3 Å². The highest BCUT2D eigenvalue weighted by Gasteiger charge is 2.63. The number of aromatic nitrogens is 1. The summed E-state index contributed by atoms with van der Waals surface area (Å²) in [6.45, 7) is -1.26. The number of pyridine rings is 1. The number of ether oxygens (including phenoxy) is 2. The molecule has 2 aromatic rings. The Balaban J connectivity index is 1.98. The predicted molar refractivity (Wildman–Crippen MR) is 117 cm³/mol. The molecule has 0 spiro atoms. The normalized spacial score (nSPS) is 19.8. The van der Waals surface area contributed by atoms with Crippen molar-refractivity contribution in [3.63, 3.8) is 0 Å². The van der Waals surface area contributed by atoms with Crippen LogP contribution in [0.25, 0.3) is 0 Å². The van der Waals surface area contributed by atoms with E-state index in [0.29, 0.717) is 6.07 Å².